The number of nitrogens with zero attached hydrogens (tertiary/aromatic N) is 1. The number of hydrogen-bond donors (Lipinski definition) is 1. The van der Waals surface area contributed by atoms with Gasteiger partial charge in [0.1, 0.15) is 11.5 Å². The van der Waals surface area contributed by atoms with Crippen molar-refractivity contribution < 1.29 is 13.6 Å². The first-order chi connectivity index (χ1) is 10.2. The van der Waals surface area contributed by atoms with Gasteiger partial charge in [0, 0.05) is 5.38 Å². The average molecular weight is 302 g/mol. The minimum atomic E-state index is -0.386. The van der Waals surface area contributed by atoms with Gasteiger partial charge in [-0.15, -0.1) is 11.3 Å². The summed E-state index contributed by atoms with van der Waals surface area (Å²) >= 11 is 1.29. The highest BCUT2D eigenvalue weighted by Crippen LogP contribution is 2.25. The Labute approximate surface area is 124 Å². The summed E-state index contributed by atoms with van der Waals surface area (Å²) in [6.45, 7) is 0. The third-order valence-corrected chi connectivity index (χ3v) is 3.59. The van der Waals surface area contributed by atoms with Crippen molar-refractivity contribution >= 4 is 22.4 Å². The molecule has 0 unspecified atom stereocenters. The molecular weight excluding hydrogens is 291 g/mol. The molecule has 0 aliphatic rings. The van der Waals surface area contributed by atoms with Crippen molar-refractivity contribution in [2.24, 2.45) is 0 Å². The fourth-order valence-corrected chi connectivity index (χ4v) is 2.56. The Morgan fingerprint density at radius 3 is 2.90 bits per heavy atom. The van der Waals surface area contributed by atoms with E-state index in [1.165, 1.54) is 17.4 Å². The summed E-state index contributed by atoms with van der Waals surface area (Å²) in [7, 11) is 0. The topological polar surface area (TPSA) is 55.1 Å². The number of halogens is 1. The van der Waals surface area contributed by atoms with E-state index in [2.05, 4.69) is 10.3 Å². The van der Waals surface area contributed by atoms with Crippen molar-refractivity contribution in [3.63, 3.8) is 0 Å². The van der Waals surface area contributed by atoms with Gasteiger partial charge in [0.25, 0.3) is 0 Å². The molecule has 3 aromatic rings. The SMILES string of the molecule is O=C(Cc1ccccc1F)Nc1nc(-c2ccco2)cs1. The molecule has 0 spiro atoms. The van der Waals surface area contributed by atoms with Crippen LogP contribution in [0.5, 0.6) is 0 Å². The summed E-state index contributed by atoms with van der Waals surface area (Å²) in [5, 5.41) is 4.91. The molecule has 0 saturated carbocycles. The van der Waals surface area contributed by atoms with Crippen LogP contribution in [0.2, 0.25) is 0 Å². The highest BCUT2D eigenvalue weighted by molar-refractivity contribution is 7.14. The molecule has 0 radical (unpaired) electrons. The molecule has 0 atom stereocenters. The maximum absolute atomic E-state index is 13.5. The monoisotopic (exact) mass is 302 g/mol. The number of aromatic nitrogens is 1. The Morgan fingerprint density at radius 1 is 1.29 bits per heavy atom. The van der Waals surface area contributed by atoms with Crippen LogP contribution in [0.1, 0.15) is 5.56 Å². The third kappa shape index (κ3) is 3.17. The number of rotatable bonds is 4. The van der Waals surface area contributed by atoms with E-state index >= 15 is 0 Å². The van der Waals surface area contributed by atoms with Gasteiger partial charge in [-0.2, -0.15) is 0 Å². The van der Waals surface area contributed by atoms with Crippen LogP contribution in [0, 0.1) is 5.82 Å². The van der Waals surface area contributed by atoms with Crippen molar-refractivity contribution in [3.05, 3.63) is 59.4 Å². The van der Waals surface area contributed by atoms with Gasteiger partial charge in [0.15, 0.2) is 10.9 Å². The molecule has 0 saturated heterocycles. The van der Waals surface area contributed by atoms with Crippen LogP contribution in [0.3, 0.4) is 0 Å². The molecule has 21 heavy (non-hydrogen) atoms. The van der Waals surface area contributed by atoms with Gasteiger partial charge in [0.05, 0.1) is 12.7 Å². The van der Waals surface area contributed by atoms with Gasteiger partial charge in [-0.25, -0.2) is 9.37 Å². The number of benzene rings is 1. The van der Waals surface area contributed by atoms with E-state index in [1.807, 2.05) is 0 Å². The number of hydrogen-bond acceptors (Lipinski definition) is 4. The predicted octanol–water partition coefficient (Wildman–Crippen LogP) is 3.72. The fraction of sp³-hybridized carbons (Fsp3) is 0.0667. The third-order valence-electron chi connectivity index (χ3n) is 2.83. The van der Waals surface area contributed by atoms with Crippen LogP contribution in [-0.4, -0.2) is 10.9 Å². The van der Waals surface area contributed by atoms with E-state index in [1.54, 1.807) is 42.0 Å². The summed E-state index contributed by atoms with van der Waals surface area (Å²) in [6, 6.07) is 9.77. The molecule has 2 heterocycles. The maximum Gasteiger partial charge on any atom is 0.230 e. The first-order valence-electron chi connectivity index (χ1n) is 6.25. The number of carbonyl (C=O) groups is 1. The number of furan rings is 1. The Morgan fingerprint density at radius 2 is 2.14 bits per heavy atom. The summed E-state index contributed by atoms with van der Waals surface area (Å²) in [5.74, 6) is -0.0515. The molecule has 2 aromatic heterocycles. The van der Waals surface area contributed by atoms with Crippen molar-refractivity contribution in [1.82, 2.24) is 4.98 Å². The Balaban J connectivity index is 1.67. The standard InChI is InChI=1S/C15H11FN2O2S/c16-11-5-2-1-4-10(11)8-14(19)18-15-17-12(9-21-15)13-6-3-7-20-13/h1-7,9H,8H2,(H,17,18,19). The first-order valence-corrected chi connectivity index (χ1v) is 7.13. The van der Waals surface area contributed by atoms with Gasteiger partial charge in [-0.1, -0.05) is 18.2 Å². The van der Waals surface area contributed by atoms with Crippen LogP contribution >= 0.6 is 11.3 Å². The van der Waals surface area contributed by atoms with Gasteiger partial charge in [-0.05, 0) is 23.8 Å². The van der Waals surface area contributed by atoms with Crippen molar-refractivity contribution in [2.45, 2.75) is 6.42 Å². The van der Waals surface area contributed by atoms with Gasteiger partial charge in [0.2, 0.25) is 5.91 Å². The molecule has 1 amide bonds. The second-order valence-corrected chi connectivity index (χ2v) is 5.19. The highest BCUT2D eigenvalue weighted by Gasteiger charge is 2.11. The molecule has 3 rings (SSSR count). The van der Waals surface area contributed by atoms with Crippen LogP contribution in [0.4, 0.5) is 9.52 Å². The van der Waals surface area contributed by atoms with E-state index in [0.29, 0.717) is 22.1 Å². The van der Waals surface area contributed by atoms with Crippen LogP contribution in [0.15, 0.2) is 52.5 Å². The lowest BCUT2D eigenvalue weighted by molar-refractivity contribution is -0.115. The van der Waals surface area contributed by atoms with Crippen LogP contribution in [0.25, 0.3) is 11.5 Å². The summed E-state index contributed by atoms with van der Waals surface area (Å²) in [5.41, 5.74) is 1.02. The van der Waals surface area contributed by atoms with E-state index in [4.69, 9.17) is 4.42 Å². The predicted molar refractivity (Wildman–Crippen MR) is 78.5 cm³/mol. The zero-order valence-corrected chi connectivity index (χ0v) is 11.7. The number of anilines is 1. The van der Waals surface area contributed by atoms with E-state index < -0.39 is 0 Å². The number of carbonyl (C=O) groups excluding carboxylic acids is 1. The molecule has 0 aliphatic heterocycles. The van der Waals surface area contributed by atoms with Gasteiger partial charge < -0.3 is 9.73 Å². The first kappa shape index (κ1) is 13.5. The van der Waals surface area contributed by atoms with Crippen LogP contribution in [-0.2, 0) is 11.2 Å². The van der Waals surface area contributed by atoms with Crippen LogP contribution < -0.4 is 5.32 Å². The molecule has 1 N–H and O–H groups in total. The smallest absolute Gasteiger partial charge is 0.230 e. The normalized spacial score (nSPS) is 10.5. The lowest BCUT2D eigenvalue weighted by Crippen LogP contribution is -2.15. The average Bonchev–Trinajstić information content (AvgIpc) is 3.12. The Hall–Kier alpha value is -2.47. The Bertz CT molecular complexity index is 753. The van der Waals surface area contributed by atoms with Crippen molar-refractivity contribution in [2.75, 3.05) is 5.32 Å². The highest BCUT2D eigenvalue weighted by atomic mass is 32.1. The van der Waals surface area contributed by atoms with E-state index in [-0.39, 0.29) is 18.1 Å². The zero-order chi connectivity index (χ0) is 14.7. The van der Waals surface area contributed by atoms with Crippen molar-refractivity contribution in [1.29, 1.82) is 0 Å². The lowest BCUT2D eigenvalue weighted by atomic mass is 10.1. The van der Waals surface area contributed by atoms with Crippen molar-refractivity contribution in [3.8, 4) is 11.5 Å². The molecular formula is C15H11FN2O2S. The minimum absolute atomic E-state index is 0.0255. The number of nitrogens with one attached hydrogen (secondary N) is 1. The maximum atomic E-state index is 13.5. The number of thiazole rings is 1. The van der Waals surface area contributed by atoms with E-state index in [0.717, 1.165) is 0 Å². The minimum Gasteiger partial charge on any atom is -0.463 e. The second-order valence-electron chi connectivity index (χ2n) is 4.33. The van der Waals surface area contributed by atoms with Gasteiger partial charge >= 0.3 is 0 Å². The summed E-state index contributed by atoms with van der Waals surface area (Å²) in [4.78, 5) is 16.2. The lowest BCUT2D eigenvalue weighted by Gasteiger charge is -2.02. The Kier molecular flexibility index (Phi) is 3.79. The molecule has 0 fully saturated rings. The summed E-state index contributed by atoms with van der Waals surface area (Å²) in [6.07, 6.45) is 1.54. The second kappa shape index (κ2) is 5.88. The molecule has 1 aromatic carbocycles. The molecule has 0 bridgehead atoms. The largest absolute Gasteiger partial charge is 0.463 e. The van der Waals surface area contributed by atoms with E-state index in [9.17, 15) is 9.18 Å². The summed E-state index contributed by atoms with van der Waals surface area (Å²) < 4.78 is 18.7. The quantitative estimate of drug-likeness (QED) is 0.799. The molecule has 6 heteroatoms. The fourth-order valence-electron chi connectivity index (χ4n) is 1.85. The molecule has 4 nitrogen and oxygen atoms in total. The zero-order valence-electron chi connectivity index (χ0n) is 10.9. The molecule has 0 aliphatic carbocycles. The van der Waals surface area contributed by atoms with Gasteiger partial charge in [-0.3, -0.25) is 4.79 Å². The number of amides is 1. The molecule has 106 valence electrons.